The third-order valence-electron chi connectivity index (χ3n) is 3.07. The summed E-state index contributed by atoms with van der Waals surface area (Å²) in [5, 5.41) is 0. The van der Waals surface area contributed by atoms with Gasteiger partial charge in [-0.3, -0.25) is 0 Å². The standard InChI is InChI=1S/C14H8BF6O/c1-5-3-4-6(16)7(9(5)17)15-8-10(18)12(20)14(22-2)13(21)11(8)19/h3-4H,1-2H3. The minimum atomic E-state index is -1.81. The monoisotopic (exact) mass is 317 g/mol. The molecule has 0 atom stereocenters. The Morgan fingerprint density at radius 2 is 1.32 bits per heavy atom. The average Bonchev–Trinajstić information content (AvgIpc) is 2.49. The van der Waals surface area contributed by atoms with Gasteiger partial charge < -0.3 is 4.74 Å². The van der Waals surface area contributed by atoms with E-state index in [1.54, 1.807) is 0 Å². The molecule has 22 heavy (non-hydrogen) atoms. The molecule has 1 radical (unpaired) electrons. The molecule has 0 spiro atoms. The van der Waals surface area contributed by atoms with E-state index < -0.39 is 51.6 Å². The third kappa shape index (κ3) is 2.53. The highest BCUT2D eigenvalue weighted by Gasteiger charge is 2.28. The summed E-state index contributed by atoms with van der Waals surface area (Å²) < 4.78 is 86.4. The van der Waals surface area contributed by atoms with E-state index in [0.717, 1.165) is 19.2 Å². The van der Waals surface area contributed by atoms with Crippen LogP contribution in [0.15, 0.2) is 12.1 Å². The number of methoxy groups -OCH3 is 1. The van der Waals surface area contributed by atoms with Crippen molar-refractivity contribution in [3.8, 4) is 5.75 Å². The van der Waals surface area contributed by atoms with E-state index in [0.29, 0.717) is 7.28 Å². The fourth-order valence-electron chi connectivity index (χ4n) is 1.89. The molecule has 0 saturated heterocycles. The maximum atomic E-state index is 13.8. The summed E-state index contributed by atoms with van der Waals surface area (Å²) in [5.74, 6) is -10.7. The highest BCUT2D eigenvalue weighted by Crippen LogP contribution is 2.24. The molecule has 1 nitrogen and oxygen atoms in total. The molecule has 0 amide bonds. The fraction of sp³-hybridized carbons (Fsp3) is 0.143. The van der Waals surface area contributed by atoms with Crippen LogP contribution in [-0.4, -0.2) is 14.4 Å². The van der Waals surface area contributed by atoms with Crippen LogP contribution in [-0.2, 0) is 0 Å². The summed E-state index contributed by atoms with van der Waals surface area (Å²) in [6.45, 7) is 1.30. The van der Waals surface area contributed by atoms with Crippen molar-refractivity contribution < 1.29 is 31.1 Å². The second kappa shape index (κ2) is 5.94. The predicted octanol–water partition coefficient (Wildman–Crippen LogP) is 2.49. The highest BCUT2D eigenvalue weighted by atomic mass is 19.2. The van der Waals surface area contributed by atoms with Crippen molar-refractivity contribution in [2.75, 3.05) is 7.11 Å². The Bertz CT molecular complexity index is 718. The zero-order valence-corrected chi connectivity index (χ0v) is 11.4. The van der Waals surface area contributed by atoms with Gasteiger partial charge in [0.2, 0.25) is 18.9 Å². The average molecular weight is 317 g/mol. The zero-order chi connectivity index (χ0) is 16.6. The Labute approximate surface area is 122 Å². The van der Waals surface area contributed by atoms with Crippen molar-refractivity contribution in [2.45, 2.75) is 6.92 Å². The van der Waals surface area contributed by atoms with Gasteiger partial charge in [0, 0.05) is 0 Å². The van der Waals surface area contributed by atoms with E-state index in [9.17, 15) is 26.3 Å². The summed E-state index contributed by atoms with van der Waals surface area (Å²) in [4.78, 5) is 0. The summed E-state index contributed by atoms with van der Waals surface area (Å²) in [6, 6.07) is 1.99. The van der Waals surface area contributed by atoms with Crippen LogP contribution in [0.25, 0.3) is 0 Å². The highest BCUT2D eigenvalue weighted by molar-refractivity contribution is 6.67. The van der Waals surface area contributed by atoms with Crippen molar-refractivity contribution >= 4 is 18.2 Å². The Morgan fingerprint density at radius 1 is 0.773 bits per heavy atom. The SMILES string of the molecule is COc1c(F)c(F)c([B]c2c(F)ccc(C)c2F)c(F)c1F. The molecular weight excluding hydrogens is 309 g/mol. The van der Waals surface area contributed by atoms with E-state index in [2.05, 4.69) is 4.74 Å². The van der Waals surface area contributed by atoms with Crippen LogP contribution < -0.4 is 15.7 Å². The van der Waals surface area contributed by atoms with Crippen LogP contribution in [0.3, 0.4) is 0 Å². The second-order valence-electron chi connectivity index (χ2n) is 4.44. The van der Waals surface area contributed by atoms with Crippen molar-refractivity contribution in [1.82, 2.24) is 0 Å². The summed E-state index contributed by atoms with van der Waals surface area (Å²) in [6.07, 6.45) is 0. The number of ether oxygens (including phenoxy) is 1. The summed E-state index contributed by atoms with van der Waals surface area (Å²) in [7, 11) is 1.19. The molecule has 115 valence electrons. The van der Waals surface area contributed by atoms with E-state index in [1.165, 1.54) is 6.92 Å². The number of hydrogen-bond acceptors (Lipinski definition) is 1. The second-order valence-corrected chi connectivity index (χ2v) is 4.44. The molecule has 2 aromatic carbocycles. The lowest BCUT2D eigenvalue weighted by Gasteiger charge is -2.12. The molecule has 0 fully saturated rings. The lowest BCUT2D eigenvalue weighted by atomic mass is 9.62. The predicted molar refractivity (Wildman–Crippen MR) is 68.9 cm³/mol. The summed E-state index contributed by atoms with van der Waals surface area (Å²) in [5.41, 5.74) is -2.04. The molecule has 0 heterocycles. The van der Waals surface area contributed by atoms with Crippen molar-refractivity contribution in [3.05, 3.63) is 52.6 Å². The van der Waals surface area contributed by atoms with Gasteiger partial charge in [-0.05, 0) is 29.5 Å². The smallest absolute Gasteiger partial charge is 0.207 e. The molecule has 0 aromatic heterocycles. The van der Waals surface area contributed by atoms with Gasteiger partial charge >= 0.3 is 0 Å². The van der Waals surface area contributed by atoms with E-state index in [-0.39, 0.29) is 5.56 Å². The van der Waals surface area contributed by atoms with Crippen LogP contribution in [0, 0.1) is 41.8 Å². The molecule has 2 aromatic rings. The first-order valence-corrected chi connectivity index (χ1v) is 5.98. The van der Waals surface area contributed by atoms with Gasteiger partial charge in [0.05, 0.1) is 7.11 Å². The topological polar surface area (TPSA) is 9.23 Å². The van der Waals surface area contributed by atoms with E-state index in [4.69, 9.17) is 0 Å². The quantitative estimate of drug-likeness (QED) is 0.480. The van der Waals surface area contributed by atoms with Gasteiger partial charge in [-0.1, -0.05) is 6.07 Å². The maximum Gasteiger partial charge on any atom is 0.207 e. The van der Waals surface area contributed by atoms with Gasteiger partial charge in [0.1, 0.15) is 11.6 Å². The summed E-state index contributed by atoms with van der Waals surface area (Å²) >= 11 is 0. The number of halogens is 6. The molecule has 0 aliphatic carbocycles. The first-order chi connectivity index (χ1) is 10.3. The van der Waals surface area contributed by atoms with Crippen LogP contribution in [0.4, 0.5) is 26.3 Å². The van der Waals surface area contributed by atoms with Crippen molar-refractivity contribution in [2.24, 2.45) is 0 Å². The minimum absolute atomic E-state index is 0.00271. The Kier molecular flexibility index (Phi) is 4.39. The lowest BCUT2D eigenvalue weighted by molar-refractivity contribution is 0.335. The van der Waals surface area contributed by atoms with E-state index >= 15 is 0 Å². The molecule has 0 aliphatic rings. The number of benzene rings is 2. The van der Waals surface area contributed by atoms with Crippen molar-refractivity contribution in [1.29, 1.82) is 0 Å². The van der Waals surface area contributed by atoms with Crippen molar-refractivity contribution in [3.63, 3.8) is 0 Å². The first kappa shape index (κ1) is 16.3. The molecule has 0 bridgehead atoms. The largest absolute Gasteiger partial charge is 0.491 e. The minimum Gasteiger partial charge on any atom is -0.491 e. The first-order valence-electron chi connectivity index (χ1n) is 5.98. The number of aryl methyl sites for hydroxylation is 1. The number of rotatable bonds is 3. The Balaban J connectivity index is 2.64. The zero-order valence-electron chi connectivity index (χ0n) is 11.4. The Morgan fingerprint density at radius 3 is 1.82 bits per heavy atom. The van der Waals surface area contributed by atoms with Gasteiger partial charge in [0.25, 0.3) is 0 Å². The molecule has 0 aliphatic heterocycles. The van der Waals surface area contributed by atoms with Crippen LogP contribution >= 0.6 is 0 Å². The molecule has 0 N–H and O–H groups in total. The molecule has 8 heteroatoms. The van der Waals surface area contributed by atoms with Gasteiger partial charge in [-0.2, -0.15) is 8.78 Å². The van der Waals surface area contributed by atoms with Gasteiger partial charge in [-0.15, -0.1) is 0 Å². The normalized spacial score (nSPS) is 10.7. The molecular formula is C14H8BF6O. The van der Waals surface area contributed by atoms with Crippen LogP contribution in [0.1, 0.15) is 5.56 Å². The van der Waals surface area contributed by atoms with E-state index in [1.807, 2.05) is 0 Å². The van der Waals surface area contributed by atoms with Crippen LogP contribution in [0.2, 0.25) is 0 Å². The maximum absolute atomic E-state index is 13.8. The number of hydrogen-bond donors (Lipinski definition) is 0. The Hall–Kier alpha value is -2.12. The third-order valence-corrected chi connectivity index (χ3v) is 3.07. The fourth-order valence-corrected chi connectivity index (χ4v) is 1.89. The lowest BCUT2D eigenvalue weighted by Crippen LogP contribution is -2.38. The van der Waals surface area contributed by atoms with Crippen LogP contribution in [0.5, 0.6) is 5.75 Å². The van der Waals surface area contributed by atoms with Gasteiger partial charge in [-0.25, -0.2) is 17.6 Å². The molecule has 0 saturated carbocycles. The molecule has 0 unspecified atom stereocenters. The van der Waals surface area contributed by atoms with Gasteiger partial charge in [0.15, 0.2) is 17.4 Å². The molecule has 2 rings (SSSR count).